The highest BCUT2D eigenvalue weighted by atomic mass is 127. The van der Waals surface area contributed by atoms with Crippen LogP contribution >= 0.6 is 24.0 Å². The summed E-state index contributed by atoms with van der Waals surface area (Å²) in [5.74, 6) is 1.80. The normalized spacial score (nSPS) is 15.8. The van der Waals surface area contributed by atoms with Crippen LogP contribution < -0.4 is 14.8 Å². The van der Waals surface area contributed by atoms with E-state index in [-0.39, 0.29) is 42.4 Å². The molecule has 1 aromatic rings. The second-order valence-electron chi connectivity index (χ2n) is 6.83. The molecule has 0 saturated carbocycles. The third-order valence-corrected chi connectivity index (χ3v) is 4.96. The van der Waals surface area contributed by atoms with E-state index in [1.54, 1.807) is 32.4 Å². The highest BCUT2D eigenvalue weighted by Crippen LogP contribution is 2.29. The molecule has 1 unspecified atom stereocenters. The van der Waals surface area contributed by atoms with Gasteiger partial charge in [0.1, 0.15) is 17.6 Å². The van der Waals surface area contributed by atoms with Crippen molar-refractivity contribution in [2.24, 2.45) is 10.9 Å². The van der Waals surface area contributed by atoms with E-state index in [0.717, 1.165) is 25.3 Å². The van der Waals surface area contributed by atoms with Gasteiger partial charge in [-0.15, -0.1) is 24.0 Å². The maximum atomic E-state index is 11.9. The highest BCUT2D eigenvalue weighted by Gasteiger charge is 2.27. The first kappa shape index (κ1) is 26.3. The number of aliphatic hydroxyl groups excluding tert-OH is 1. The lowest BCUT2D eigenvalue weighted by atomic mass is 9.97. The van der Waals surface area contributed by atoms with E-state index in [1.807, 2.05) is 13.8 Å². The fraction of sp³-hybridized carbons (Fsp3) is 0.619. The Morgan fingerprint density at radius 1 is 1.27 bits per heavy atom. The molecule has 1 aliphatic heterocycles. The number of carbonyl (C=O) groups is 1. The maximum absolute atomic E-state index is 11.9. The number of nitrogens with zero attached hydrogens (tertiary/aromatic N) is 2. The third-order valence-electron chi connectivity index (χ3n) is 4.96. The Morgan fingerprint density at radius 2 is 1.97 bits per heavy atom. The standard InChI is InChI=1S/C21H33N3O5.HI/c1-5-22-21(24-11-9-15(10-12-24)20(26)29-6-2)23-14-18(25)17-13-16(27-3)7-8-19(17)28-4;/h7-8,13,15,18,25H,5-6,9-12,14H2,1-4H3,(H,22,23);1H. The Bertz CT molecular complexity index is 693. The van der Waals surface area contributed by atoms with Crippen LogP contribution in [0.15, 0.2) is 23.2 Å². The topological polar surface area (TPSA) is 92.6 Å². The van der Waals surface area contributed by atoms with Gasteiger partial charge in [0.05, 0.1) is 33.3 Å². The van der Waals surface area contributed by atoms with Crippen LogP contribution in [0.3, 0.4) is 0 Å². The van der Waals surface area contributed by atoms with Gasteiger partial charge in [0.2, 0.25) is 0 Å². The van der Waals surface area contributed by atoms with Crippen LogP contribution in [0, 0.1) is 5.92 Å². The van der Waals surface area contributed by atoms with Crippen molar-refractivity contribution in [3.05, 3.63) is 23.8 Å². The zero-order chi connectivity index (χ0) is 21.2. The van der Waals surface area contributed by atoms with E-state index in [4.69, 9.17) is 14.2 Å². The summed E-state index contributed by atoms with van der Waals surface area (Å²) in [6, 6.07) is 5.32. The van der Waals surface area contributed by atoms with Gasteiger partial charge in [-0.1, -0.05) is 0 Å². The number of guanidine groups is 1. The minimum absolute atomic E-state index is 0. The van der Waals surface area contributed by atoms with Gasteiger partial charge in [-0.05, 0) is 44.9 Å². The van der Waals surface area contributed by atoms with Crippen molar-refractivity contribution in [1.82, 2.24) is 10.2 Å². The summed E-state index contributed by atoms with van der Waals surface area (Å²) < 4.78 is 15.7. The van der Waals surface area contributed by atoms with Crippen molar-refractivity contribution in [2.45, 2.75) is 32.8 Å². The second kappa shape index (κ2) is 13.5. The van der Waals surface area contributed by atoms with Gasteiger partial charge in [-0.2, -0.15) is 0 Å². The van der Waals surface area contributed by atoms with Crippen molar-refractivity contribution in [2.75, 3.05) is 47.0 Å². The van der Waals surface area contributed by atoms with Crippen LogP contribution in [0.2, 0.25) is 0 Å². The number of ether oxygens (including phenoxy) is 3. The Labute approximate surface area is 196 Å². The Hall–Kier alpha value is -1.75. The molecule has 0 spiro atoms. The number of esters is 1. The lowest BCUT2D eigenvalue weighted by molar-refractivity contribution is -0.149. The molecule has 1 aromatic carbocycles. The fourth-order valence-electron chi connectivity index (χ4n) is 3.38. The summed E-state index contributed by atoms with van der Waals surface area (Å²) in [6.45, 7) is 6.57. The Balaban J connectivity index is 0.00000450. The molecule has 0 aliphatic carbocycles. The van der Waals surface area contributed by atoms with E-state index in [1.165, 1.54) is 0 Å². The van der Waals surface area contributed by atoms with E-state index in [0.29, 0.717) is 36.8 Å². The Morgan fingerprint density at radius 3 is 2.53 bits per heavy atom. The van der Waals surface area contributed by atoms with Crippen LogP contribution in [0.4, 0.5) is 0 Å². The summed E-state index contributed by atoms with van der Waals surface area (Å²) in [7, 11) is 3.15. The summed E-state index contributed by atoms with van der Waals surface area (Å²) in [5, 5.41) is 14.0. The molecule has 0 bridgehead atoms. The molecule has 1 saturated heterocycles. The molecular formula is C21H34IN3O5. The third kappa shape index (κ3) is 7.19. The number of methoxy groups -OCH3 is 2. The monoisotopic (exact) mass is 535 g/mol. The molecule has 9 heteroatoms. The zero-order valence-corrected chi connectivity index (χ0v) is 20.5. The average Bonchev–Trinajstić information content (AvgIpc) is 2.76. The number of aliphatic imine (C=N–C) groups is 1. The first-order chi connectivity index (χ1) is 14.0. The van der Waals surface area contributed by atoms with E-state index < -0.39 is 6.10 Å². The molecule has 1 fully saturated rings. The zero-order valence-electron chi connectivity index (χ0n) is 18.2. The number of aliphatic hydroxyl groups is 1. The molecule has 0 radical (unpaired) electrons. The van der Waals surface area contributed by atoms with Crippen LogP contribution in [-0.4, -0.2) is 68.9 Å². The van der Waals surface area contributed by atoms with Crippen LogP contribution in [0.1, 0.15) is 38.4 Å². The van der Waals surface area contributed by atoms with Crippen molar-refractivity contribution in [3.63, 3.8) is 0 Å². The predicted octanol–water partition coefficient (Wildman–Crippen LogP) is 2.60. The maximum Gasteiger partial charge on any atom is 0.309 e. The number of likely N-dealkylation sites (tertiary alicyclic amines) is 1. The van der Waals surface area contributed by atoms with E-state index in [2.05, 4.69) is 15.2 Å². The van der Waals surface area contributed by atoms with Crippen LogP contribution in [-0.2, 0) is 9.53 Å². The molecule has 1 atom stereocenters. The predicted molar refractivity (Wildman–Crippen MR) is 127 cm³/mol. The number of hydrogen-bond acceptors (Lipinski definition) is 6. The molecule has 8 nitrogen and oxygen atoms in total. The van der Waals surface area contributed by atoms with Crippen molar-refractivity contribution >= 4 is 35.9 Å². The average molecular weight is 535 g/mol. The molecule has 30 heavy (non-hydrogen) atoms. The van der Waals surface area contributed by atoms with Crippen LogP contribution in [0.5, 0.6) is 11.5 Å². The van der Waals surface area contributed by atoms with Gasteiger partial charge in [-0.3, -0.25) is 9.79 Å². The molecular weight excluding hydrogens is 501 g/mol. The molecule has 170 valence electrons. The van der Waals surface area contributed by atoms with Gasteiger partial charge in [-0.25, -0.2) is 0 Å². The Kier molecular flexibility index (Phi) is 11.9. The second-order valence-corrected chi connectivity index (χ2v) is 6.83. The quantitative estimate of drug-likeness (QED) is 0.229. The fourth-order valence-corrected chi connectivity index (χ4v) is 3.38. The number of piperidine rings is 1. The van der Waals surface area contributed by atoms with Crippen molar-refractivity contribution < 1.29 is 24.1 Å². The van der Waals surface area contributed by atoms with Gasteiger partial charge in [0.25, 0.3) is 0 Å². The largest absolute Gasteiger partial charge is 0.497 e. The number of rotatable bonds is 8. The van der Waals surface area contributed by atoms with Gasteiger partial charge in [0.15, 0.2) is 5.96 Å². The minimum atomic E-state index is -0.828. The number of halogens is 1. The number of hydrogen-bond donors (Lipinski definition) is 2. The lowest BCUT2D eigenvalue weighted by Gasteiger charge is -2.33. The summed E-state index contributed by atoms with van der Waals surface area (Å²) in [6.07, 6.45) is 0.635. The highest BCUT2D eigenvalue weighted by molar-refractivity contribution is 14.0. The SMILES string of the molecule is CCNC(=NCC(O)c1cc(OC)ccc1OC)N1CCC(C(=O)OCC)CC1.I. The molecule has 1 aliphatic rings. The van der Waals surface area contributed by atoms with Gasteiger partial charge >= 0.3 is 5.97 Å². The van der Waals surface area contributed by atoms with Gasteiger partial charge in [0, 0.05) is 25.2 Å². The van der Waals surface area contributed by atoms with E-state index in [9.17, 15) is 9.90 Å². The number of carbonyl (C=O) groups excluding carboxylic acids is 1. The van der Waals surface area contributed by atoms with Crippen molar-refractivity contribution in [3.8, 4) is 11.5 Å². The lowest BCUT2D eigenvalue weighted by Crippen LogP contribution is -2.47. The molecule has 2 N–H and O–H groups in total. The number of nitrogens with one attached hydrogen (secondary N) is 1. The summed E-state index contributed by atoms with van der Waals surface area (Å²) >= 11 is 0. The first-order valence-corrected chi connectivity index (χ1v) is 10.1. The molecule has 1 heterocycles. The molecule has 2 rings (SSSR count). The van der Waals surface area contributed by atoms with Crippen molar-refractivity contribution in [1.29, 1.82) is 0 Å². The molecule has 0 amide bonds. The molecule has 0 aromatic heterocycles. The van der Waals surface area contributed by atoms with Crippen LogP contribution in [0.25, 0.3) is 0 Å². The van der Waals surface area contributed by atoms with Gasteiger partial charge < -0.3 is 29.5 Å². The minimum Gasteiger partial charge on any atom is -0.497 e. The first-order valence-electron chi connectivity index (χ1n) is 10.1. The van der Waals surface area contributed by atoms with E-state index >= 15 is 0 Å². The summed E-state index contributed by atoms with van der Waals surface area (Å²) in [4.78, 5) is 18.7. The number of benzene rings is 1. The summed E-state index contributed by atoms with van der Waals surface area (Å²) in [5.41, 5.74) is 0.632. The smallest absolute Gasteiger partial charge is 0.309 e.